The van der Waals surface area contributed by atoms with Crippen LogP contribution in [-0.2, 0) is 14.9 Å². The van der Waals surface area contributed by atoms with Crippen LogP contribution in [0.3, 0.4) is 0 Å². The van der Waals surface area contributed by atoms with E-state index in [9.17, 15) is 14.7 Å². The molecule has 2 rings (SSSR count). The molecule has 0 heterocycles. The average molecular weight is 335 g/mol. The Morgan fingerprint density at radius 1 is 1.29 bits per heavy atom. The van der Waals surface area contributed by atoms with Gasteiger partial charge in [-0.15, -0.1) is 0 Å². The number of nitrogens with one attached hydrogen (secondary N) is 1. The van der Waals surface area contributed by atoms with Gasteiger partial charge in [0.2, 0.25) is 0 Å². The lowest BCUT2D eigenvalue weighted by Crippen LogP contribution is -2.37. The summed E-state index contributed by atoms with van der Waals surface area (Å²) >= 11 is 0. The number of aliphatic carboxylic acids is 1. The fourth-order valence-corrected chi connectivity index (χ4v) is 3.06. The van der Waals surface area contributed by atoms with E-state index in [0.29, 0.717) is 11.4 Å². The van der Waals surface area contributed by atoms with Gasteiger partial charge in [-0.3, -0.25) is 10.1 Å². The lowest BCUT2D eigenvalue weighted by Gasteiger charge is -2.42. The highest BCUT2D eigenvalue weighted by Crippen LogP contribution is 2.50. The number of carbonyl (C=O) groups excluding carboxylic acids is 1. The molecule has 2 N–H and O–H groups in total. The van der Waals surface area contributed by atoms with Crippen LogP contribution in [0.2, 0.25) is 0 Å². The van der Waals surface area contributed by atoms with E-state index in [-0.39, 0.29) is 6.42 Å². The Morgan fingerprint density at radius 2 is 1.96 bits per heavy atom. The third kappa shape index (κ3) is 4.19. The highest BCUT2D eigenvalue weighted by Gasteiger charge is 2.42. The van der Waals surface area contributed by atoms with Gasteiger partial charge in [0.25, 0.3) is 0 Å². The maximum absolute atomic E-state index is 11.9. The highest BCUT2D eigenvalue weighted by molar-refractivity contribution is 5.85. The molecule has 1 amide bonds. The van der Waals surface area contributed by atoms with Crippen LogP contribution in [0.4, 0.5) is 10.5 Å². The molecule has 132 valence electrons. The molecule has 0 saturated heterocycles. The molecule has 1 aliphatic rings. The summed E-state index contributed by atoms with van der Waals surface area (Å²) in [6.45, 7) is 5.38. The molecule has 0 aromatic heterocycles. The molecule has 1 aliphatic carbocycles. The predicted molar refractivity (Wildman–Crippen MR) is 90.6 cm³/mol. The van der Waals surface area contributed by atoms with E-state index in [4.69, 9.17) is 9.47 Å². The first kappa shape index (κ1) is 18.1. The second-order valence-electron chi connectivity index (χ2n) is 7.25. The molecule has 6 heteroatoms. The minimum atomic E-state index is -0.831. The van der Waals surface area contributed by atoms with Crippen molar-refractivity contribution in [1.29, 1.82) is 0 Å². The van der Waals surface area contributed by atoms with Crippen LogP contribution in [0, 0.1) is 0 Å². The fraction of sp³-hybridized carbons (Fsp3) is 0.556. The van der Waals surface area contributed by atoms with Crippen molar-refractivity contribution in [2.24, 2.45) is 0 Å². The molecule has 0 spiro atoms. The molecule has 0 atom stereocenters. The molecule has 0 bridgehead atoms. The van der Waals surface area contributed by atoms with Crippen LogP contribution in [0.15, 0.2) is 18.2 Å². The molecular formula is C18H25NO5. The summed E-state index contributed by atoms with van der Waals surface area (Å²) in [5.41, 5.74) is 0.379. The summed E-state index contributed by atoms with van der Waals surface area (Å²) in [7, 11) is 1.56. The number of hydrogen-bond donors (Lipinski definition) is 2. The summed E-state index contributed by atoms with van der Waals surface area (Å²) in [4.78, 5) is 23.2. The van der Waals surface area contributed by atoms with Gasteiger partial charge in [-0.2, -0.15) is 0 Å². The van der Waals surface area contributed by atoms with Gasteiger partial charge in [0.15, 0.2) is 0 Å². The van der Waals surface area contributed by atoms with Gasteiger partial charge < -0.3 is 14.6 Å². The van der Waals surface area contributed by atoms with E-state index < -0.39 is 23.1 Å². The van der Waals surface area contributed by atoms with Crippen molar-refractivity contribution in [1.82, 2.24) is 0 Å². The number of amides is 1. The van der Waals surface area contributed by atoms with Gasteiger partial charge in [0.1, 0.15) is 11.4 Å². The molecule has 0 radical (unpaired) electrons. The lowest BCUT2D eigenvalue weighted by molar-refractivity contribution is -0.139. The van der Waals surface area contributed by atoms with E-state index >= 15 is 0 Å². The zero-order valence-corrected chi connectivity index (χ0v) is 14.6. The van der Waals surface area contributed by atoms with Gasteiger partial charge in [0, 0.05) is 16.7 Å². The molecule has 1 aromatic carbocycles. The Morgan fingerprint density at radius 3 is 2.42 bits per heavy atom. The number of rotatable bonds is 5. The van der Waals surface area contributed by atoms with Crippen molar-refractivity contribution >= 4 is 17.7 Å². The maximum Gasteiger partial charge on any atom is 0.412 e. The number of carbonyl (C=O) groups is 2. The third-order valence-corrected chi connectivity index (χ3v) is 4.22. The molecule has 1 saturated carbocycles. The molecule has 0 unspecified atom stereocenters. The summed E-state index contributed by atoms with van der Waals surface area (Å²) in [5, 5.41) is 12.0. The maximum atomic E-state index is 11.9. The van der Waals surface area contributed by atoms with E-state index in [1.165, 1.54) is 0 Å². The number of hydrogen-bond acceptors (Lipinski definition) is 4. The van der Waals surface area contributed by atoms with Crippen molar-refractivity contribution in [2.75, 3.05) is 12.4 Å². The topological polar surface area (TPSA) is 84.9 Å². The number of ether oxygens (including phenoxy) is 2. The van der Waals surface area contributed by atoms with Crippen molar-refractivity contribution in [3.05, 3.63) is 23.8 Å². The summed E-state index contributed by atoms with van der Waals surface area (Å²) in [5.74, 6) is -0.187. The summed E-state index contributed by atoms with van der Waals surface area (Å²) < 4.78 is 10.7. The zero-order valence-electron chi connectivity index (χ0n) is 14.6. The fourth-order valence-electron chi connectivity index (χ4n) is 3.06. The van der Waals surface area contributed by atoms with Crippen molar-refractivity contribution in [3.8, 4) is 5.75 Å². The third-order valence-electron chi connectivity index (χ3n) is 4.22. The summed E-state index contributed by atoms with van der Waals surface area (Å²) in [6, 6.07) is 5.27. The monoisotopic (exact) mass is 335 g/mol. The molecule has 24 heavy (non-hydrogen) atoms. The Labute approximate surface area is 142 Å². The van der Waals surface area contributed by atoms with Crippen molar-refractivity contribution in [2.45, 2.75) is 57.5 Å². The number of carboxylic acid groups (broad SMARTS) is 1. The molecule has 1 fully saturated rings. The molecular weight excluding hydrogens is 310 g/mol. The summed E-state index contributed by atoms with van der Waals surface area (Å²) in [6.07, 6.45) is 2.09. The Kier molecular flexibility index (Phi) is 5.06. The van der Waals surface area contributed by atoms with E-state index in [1.54, 1.807) is 46.1 Å². The minimum Gasteiger partial charge on any atom is -0.496 e. The predicted octanol–water partition coefficient (Wildman–Crippen LogP) is 3.94. The van der Waals surface area contributed by atoms with E-state index in [0.717, 1.165) is 24.8 Å². The van der Waals surface area contributed by atoms with Gasteiger partial charge in [0.05, 0.1) is 13.5 Å². The molecule has 1 aromatic rings. The zero-order chi connectivity index (χ0) is 18.0. The van der Waals surface area contributed by atoms with Crippen molar-refractivity contribution < 1.29 is 24.2 Å². The Bertz CT molecular complexity index is 629. The largest absolute Gasteiger partial charge is 0.496 e. The van der Waals surface area contributed by atoms with Crippen LogP contribution < -0.4 is 10.1 Å². The second-order valence-corrected chi connectivity index (χ2v) is 7.25. The second kappa shape index (κ2) is 6.71. The number of anilines is 1. The first-order chi connectivity index (χ1) is 11.1. The standard InChI is InChI=1S/C18H25NO5/c1-17(2,3)24-16(22)19-12-6-7-14(23-4)13(10-12)18(8-5-9-18)11-15(20)21/h6-7,10H,5,8-9,11H2,1-4H3,(H,19,22)(H,20,21). The SMILES string of the molecule is COc1ccc(NC(=O)OC(C)(C)C)cc1C1(CC(=O)O)CCC1. The number of carboxylic acids is 1. The van der Waals surface area contributed by atoms with E-state index in [2.05, 4.69) is 5.32 Å². The van der Waals surface area contributed by atoms with Gasteiger partial charge in [-0.1, -0.05) is 6.42 Å². The molecule has 0 aliphatic heterocycles. The van der Waals surface area contributed by atoms with Crippen LogP contribution in [0.25, 0.3) is 0 Å². The highest BCUT2D eigenvalue weighted by atomic mass is 16.6. The normalized spacial score (nSPS) is 16.0. The van der Waals surface area contributed by atoms with Crippen LogP contribution in [0.5, 0.6) is 5.75 Å². The number of methoxy groups -OCH3 is 1. The lowest BCUT2D eigenvalue weighted by atomic mass is 9.62. The van der Waals surface area contributed by atoms with E-state index in [1.807, 2.05) is 0 Å². The van der Waals surface area contributed by atoms with Crippen LogP contribution in [-0.4, -0.2) is 29.9 Å². The quantitative estimate of drug-likeness (QED) is 0.851. The minimum absolute atomic E-state index is 0.0548. The van der Waals surface area contributed by atoms with Crippen molar-refractivity contribution in [3.63, 3.8) is 0 Å². The van der Waals surface area contributed by atoms with Crippen LogP contribution in [0.1, 0.15) is 52.0 Å². The first-order valence-corrected chi connectivity index (χ1v) is 8.05. The number of benzene rings is 1. The Hall–Kier alpha value is -2.24. The average Bonchev–Trinajstić information content (AvgIpc) is 2.40. The smallest absolute Gasteiger partial charge is 0.412 e. The Balaban J connectivity index is 2.27. The molecule has 6 nitrogen and oxygen atoms in total. The van der Waals surface area contributed by atoms with Gasteiger partial charge in [-0.25, -0.2) is 4.79 Å². The first-order valence-electron chi connectivity index (χ1n) is 8.05. The van der Waals surface area contributed by atoms with Gasteiger partial charge in [-0.05, 0) is 51.8 Å². The van der Waals surface area contributed by atoms with Crippen LogP contribution >= 0.6 is 0 Å². The van der Waals surface area contributed by atoms with Gasteiger partial charge >= 0.3 is 12.1 Å².